The van der Waals surface area contributed by atoms with Gasteiger partial charge in [-0.15, -0.1) is 0 Å². The molecule has 0 saturated heterocycles. The first-order valence-electron chi connectivity index (χ1n) is 14.8. The normalized spacial score (nSPS) is 12.0. The molecule has 46 heavy (non-hydrogen) atoms. The Bertz CT molecular complexity index is 1720. The molecule has 0 fully saturated rings. The number of sulfonamides is 1. The van der Waals surface area contributed by atoms with Crippen LogP contribution < -0.4 is 14.4 Å². The van der Waals surface area contributed by atoms with Crippen LogP contribution in [0.25, 0.3) is 0 Å². The molecule has 11 heteroatoms. The zero-order valence-electron chi connectivity index (χ0n) is 25.9. The molecule has 1 unspecified atom stereocenters. The van der Waals surface area contributed by atoms with Gasteiger partial charge in [0.1, 0.15) is 18.3 Å². The summed E-state index contributed by atoms with van der Waals surface area (Å²) in [6.07, 6.45) is 0.232. The highest BCUT2D eigenvalue weighted by atomic mass is 79.9. The second-order valence-corrected chi connectivity index (χ2v) is 14.4. The van der Waals surface area contributed by atoms with Gasteiger partial charge in [-0.2, -0.15) is 0 Å². The number of carbonyl (C=O) groups is 2. The Morgan fingerprint density at radius 3 is 2.17 bits per heavy atom. The van der Waals surface area contributed by atoms with E-state index in [1.807, 2.05) is 68.4 Å². The Labute approximate surface area is 284 Å². The third-order valence-electron chi connectivity index (χ3n) is 7.24. The van der Waals surface area contributed by atoms with E-state index in [2.05, 4.69) is 21.2 Å². The number of benzene rings is 4. The zero-order chi connectivity index (χ0) is 33.3. The van der Waals surface area contributed by atoms with Gasteiger partial charge in [0.25, 0.3) is 10.0 Å². The number of hydrogen-bond acceptors (Lipinski definition) is 5. The fourth-order valence-electron chi connectivity index (χ4n) is 4.80. The maximum Gasteiger partial charge on any atom is 0.264 e. The van der Waals surface area contributed by atoms with Crippen molar-refractivity contribution in [2.45, 2.75) is 37.8 Å². The number of nitrogens with one attached hydrogen (secondary N) is 1. The number of amides is 2. The van der Waals surface area contributed by atoms with E-state index in [1.54, 1.807) is 30.3 Å². The minimum Gasteiger partial charge on any atom is -0.497 e. The van der Waals surface area contributed by atoms with Crippen LogP contribution in [0.2, 0.25) is 5.02 Å². The van der Waals surface area contributed by atoms with Gasteiger partial charge in [-0.25, -0.2) is 8.42 Å². The van der Waals surface area contributed by atoms with E-state index in [4.69, 9.17) is 16.3 Å². The van der Waals surface area contributed by atoms with Gasteiger partial charge < -0.3 is 15.0 Å². The molecule has 0 spiro atoms. The smallest absolute Gasteiger partial charge is 0.264 e. The van der Waals surface area contributed by atoms with Crippen LogP contribution in [0.4, 0.5) is 5.69 Å². The average Bonchev–Trinajstić information content (AvgIpc) is 3.05. The summed E-state index contributed by atoms with van der Waals surface area (Å²) in [6.45, 7) is 3.90. The Morgan fingerprint density at radius 2 is 1.57 bits per heavy atom. The van der Waals surface area contributed by atoms with Gasteiger partial charge in [-0.3, -0.25) is 13.9 Å². The van der Waals surface area contributed by atoms with Crippen LogP contribution in [-0.2, 0) is 32.6 Å². The summed E-state index contributed by atoms with van der Waals surface area (Å²) < 4.78 is 35.4. The van der Waals surface area contributed by atoms with Crippen molar-refractivity contribution in [2.75, 3.05) is 24.5 Å². The number of hydrogen-bond donors (Lipinski definition) is 1. The summed E-state index contributed by atoms with van der Waals surface area (Å²) in [5.74, 6) is -0.206. The van der Waals surface area contributed by atoms with E-state index in [1.165, 1.54) is 30.2 Å². The van der Waals surface area contributed by atoms with E-state index in [0.29, 0.717) is 17.3 Å². The van der Waals surface area contributed by atoms with E-state index in [9.17, 15) is 18.0 Å². The Kier molecular flexibility index (Phi) is 12.3. The van der Waals surface area contributed by atoms with Gasteiger partial charge in [-0.05, 0) is 71.6 Å². The summed E-state index contributed by atoms with van der Waals surface area (Å²) >= 11 is 9.75. The molecule has 1 N–H and O–H groups in total. The van der Waals surface area contributed by atoms with E-state index in [0.717, 1.165) is 19.9 Å². The Hall–Kier alpha value is -3.86. The second-order valence-electron chi connectivity index (χ2n) is 11.2. The van der Waals surface area contributed by atoms with Crippen LogP contribution in [-0.4, -0.2) is 51.4 Å². The lowest BCUT2D eigenvalue weighted by molar-refractivity contribution is -0.140. The van der Waals surface area contributed by atoms with E-state index >= 15 is 0 Å². The second kappa shape index (κ2) is 16.1. The highest BCUT2D eigenvalue weighted by Gasteiger charge is 2.34. The Morgan fingerprint density at radius 1 is 0.891 bits per heavy atom. The third kappa shape index (κ3) is 9.34. The fourth-order valence-corrected chi connectivity index (χ4v) is 6.65. The van der Waals surface area contributed by atoms with E-state index < -0.39 is 28.5 Å². The van der Waals surface area contributed by atoms with Gasteiger partial charge in [0.15, 0.2) is 0 Å². The monoisotopic (exact) mass is 725 g/mol. The predicted octanol–water partition coefficient (Wildman–Crippen LogP) is 6.72. The Balaban J connectivity index is 1.79. The minimum absolute atomic E-state index is 0.0314. The average molecular weight is 727 g/mol. The van der Waals surface area contributed by atoms with Gasteiger partial charge in [-0.1, -0.05) is 89.9 Å². The lowest BCUT2D eigenvalue weighted by atomic mass is 10.0. The molecule has 0 aliphatic heterocycles. The number of carbonyl (C=O) groups excluding carboxylic acids is 2. The van der Waals surface area contributed by atoms with E-state index in [-0.39, 0.29) is 35.4 Å². The highest BCUT2D eigenvalue weighted by molar-refractivity contribution is 9.10. The summed E-state index contributed by atoms with van der Waals surface area (Å²) in [5, 5.41) is 3.30. The molecular weight excluding hydrogens is 690 g/mol. The van der Waals surface area contributed by atoms with Crippen LogP contribution in [0.5, 0.6) is 5.75 Å². The molecule has 0 aliphatic rings. The van der Waals surface area contributed by atoms with Crippen molar-refractivity contribution in [1.82, 2.24) is 10.2 Å². The highest BCUT2D eigenvalue weighted by Crippen LogP contribution is 2.28. The van der Waals surface area contributed by atoms with Gasteiger partial charge in [0.05, 0.1) is 17.7 Å². The molecule has 8 nitrogen and oxygen atoms in total. The molecule has 0 saturated carbocycles. The number of halogens is 2. The molecule has 0 bridgehead atoms. The largest absolute Gasteiger partial charge is 0.497 e. The topological polar surface area (TPSA) is 96.0 Å². The molecule has 4 rings (SSSR count). The summed E-state index contributed by atoms with van der Waals surface area (Å²) in [4.78, 5) is 29.8. The molecule has 1 atom stereocenters. The molecule has 242 valence electrons. The molecule has 4 aromatic carbocycles. The summed E-state index contributed by atoms with van der Waals surface area (Å²) in [7, 11) is -2.77. The van der Waals surface area contributed by atoms with Crippen LogP contribution in [0.1, 0.15) is 25.0 Å². The molecule has 0 aromatic heterocycles. The first-order valence-corrected chi connectivity index (χ1v) is 17.4. The van der Waals surface area contributed by atoms with Crippen LogP contribution >= 0.6 is 27.5 Å². The van der Waals surface area contributed by atoms with Crippen LogP contribution in [0.3, 0.4) is 0 Å². The molecule has 2 amide bonds. The number of methoxy groups -OCH3 is 1. The number of nitrogens with zero attached hydrogens (tertiary/aromatic N) is 2. The molecular formula is C35H37BrClN3O5S. The lowest BCUT2D eigenvalue weighted by Gasteiger charge is -2.34. The number of rotatable bonds is 14. The SMILES string of the molecule is COc1ccc(S(=O)(=O)N(CC(=O)N(Cc2ccc(Br)cc2)C(Cc2ccccc2)C(=O)NCC(C)C)c2cccc(Cl)c2)cc1. The molecule has 0 heterocycles. The standard InChI is InChI=1S/C35H37BrClN3O5S/c1-25(2)22-38-35(42)33(20-26-8-5-4-6-9-26)39(23-27-12-14-28(36)15-13-27)34(41)24-40(30-11-7-10-29(37)21-30)46(43,44)32-18-16-31(45-3)17-19-32/h4-19,21,25,33H,20,22-24H2,1-3H3,(H,38,42). The van der Waals surface area contributed by atoms with Crippen molar-refractivity contribution in [3.8, 4) is 5.75 Å². The molecule has 0 aliphatic carbocycles. The maximum absolute atomic E-state index is 14.5. The van der Waals surface area contributed by atoms with Crippen LogP contribution in [0.15, 0.2) is 112 Å². The maximum atomic E-state index is 14.5. The van der Waals surface area contributed by atoms with Crippen molar-refractivity contribution in [2.24, 2.45) is 5.92 Å². The summed E-state index contributed by atoms with van der Waals surface area (Å²) in [5.41, 5.74) is 1.85. The van der Waals surface area contributed by atoms with Crippen molar-refractivity contribution < 1.29 is 22.7 Å². The molecule has 0 radical (unpaired) electrons. The summed E-state index contributed by atoms with van der Waals surface area (Å²) in [6, 6.07) is 28.2. The number of anilines is 1. The predicted molar refractivity (Wildman–Crippen MR) is 185 cm³/mol. The molecule has 4 aromatic rings. The first-order chi connectivity index (χ1) is 22.0. The van der Waals surface area contributed by atoms with Crippen LogP contribution in [0, 0.1) is 5.92 Å². The van der Waals surface area contributed by atoms with Crippen molar-refractivity contribution in [3.05, 3.63) is 124 Å². The third-order valence-corrected chi connectivity index (χ3v) is 9.80. The lowest BCUT2D eigenvalue weighted by Crippen LogP contribution is -2.53. The van der Waals surface area contributed by atoms with Gasteiger partial charge >= 0.3 is 0 Å². The van der Waals surface area contributed by atoms with Gasteiger partial charge in [0, 0.05) is 29.0 Å². The quantitative estimate of drug-likeness (QED) is 0.156. The minimum atomic E-state index is -4.26. The van der Waals surface area contributed by atoms with Crippen molar-refractivity contribution in [3.63, 3.8) is 0 Å². The van der Waals surface area contributed by atoms with Crippen molar-refractivity contribution in [1.29, 1.82) is 0 Å². The van der Waals surface area contributed by atoms with Gasteiger partial charge in [0.2, 0.25) is 11.8 Å². The zero-order valence-corrected chi connectivity index (χ0v) is 29.1. The fraction of sp³-hybridized carbons (Fsp3) is 0.257. The number of ether oxygens (including phenoxy) is 1. The first kappa shape index (κ1) is 35.0. The van der Waals surface area contributed by atoms with Crippen molar-refractivity contribution >= 4 is 55.1 Å².